The highest BCUT2D eigenvalue weighted by molar-refractivity contribution is 7.13. The molecule has 3 N–H and O–H groups in total. The van der Waals surface area contributed by atoms with Crippen LogP contribution in [0.3, 0.4) is 0 Å². The summed E-state index contributed by atoms with van der Waals surface area (Å²) in [6.45, 7) is 2.63. The van der Waals surface area contributed by atoms with Crippen LogP contribution in [0.1, 0.15) is 65.9 Å². The van der Waals surface area contributed by atoms with E-state index in [1.54, 1.807) is 29.8 Å². The average molecular weight is 812 g/mol. The molecule has 302 valence electrons. The lowest BCUT2D eigenvalue weighted by atomic mass is 9.89. The molecule has 0 saturated carbocycles. The number of aromatic nitrogens is 1. The Kier molecular flexibility index (Phi) is 11.5. The molecule has 0 spiro atoms. The number of ether oxygens (including phenoxy) is 1. The third-order valence-corrected chi connectivity index (χ3v) is 12.0. The monoisotopic (exact) mass is 811 g/mol. The van der Waals surface area contributed by atoms with Gasteiger partial charge in [-0.3, -0.25) is 34.2 Å². The zero-order chi connectivity index (χ0) is 40.3. The molecule has 0 bridgehead atoms. The minimum atomic E-state index is -0.578. The van der Waals surface area contributed by atoms with E-state index < -0.39 is 29.6 Å². The third kappa shape index (κ3) is 8.87. The van der Waals surface area contributed by atoms with Crippen molar-refractivity contribution >= 4 is 51.7 Å². The van der Waals surface area contributed by atoms with Gasteiger partial charge in [0.1, 0.15) is 36.1 Å². The molecule has 4 aliphatic rings. The summed E-state index contributed by atoms with van der Waals surface area (Å²) in [5.74, 6) is -1.59. The molecule has 5 heterocycles. The van der Waals surface area contributed by atoms with E-state index in [0.717, 1.165) is 12.8 Å². The fourth-order valence-corrected chi connectivity index (χ4v) is 8.69. The maximum Gasteiger partial charge on any atom is 0.255 e. The Hall–Kier alpha value is -5.74. The fraction of sp³-hybridized carbons (Fsp3) is 0.381. The number of piperidine rings is 3. The first-order chi connectivity index (χ1) is 28.1. The number of fused-ring (bicyclic) bond motifs is 1. The lowest BCUT2D eigenvalue weighted by molar-refractivity contribution is -0.135. The zero-order valence-corrected chi connectivity index (χ0v) is 32.5. The minimum absolute atomic E-state index is 0.0107. The first-order valence-corrected chi connectivity index (χ1v) is 20.4. The van der Waals surface area contributed by atoms with Gasteiger partial charge in [0.25, 0.3) is 5.91 Å². The van der Waals surface area contributed by atoms with E-state index in [0.29, 0.717) is 85.2 Å². The van der Waals surface area contributed by atoms with Crippen LogP contribution in [0.4, 0.5) is 19.6 Å². The van der Waals surface area contributed by atoms with E-state index in [9.17, 15) is 24.0 Å². The number of halogens is 2. The first kappa shape index (κ1) is 39.1. The molecule has 1 aromatic heterocycles. The van der Waals surface area contributed by atoms with Crippen LogP contribution in [0.15, 0.2) is 66.2 Å². The van der Waals surface area contributed by atoms with Crippen molar-refractivity contribution in [1.29, 1.82) is 0 Å². The highest BCUT2D eigenvalue weighted by atomic mass is 32.1. The Bertz CT molecular complexity index is 2210. The number of anilines is 2. The zero-order valence-electron chi connectivity index (χ0n) is 31.7. The number of carbonyl (C=O) groups excluding carboxylic acids is 5. The van der Waals surface area contributed by atoms with Crippen LogP contribution in [0.2, 0.25) is 0 Å². The molecular formula is C42H43F2N7O6S. The molecule has 13 nitrogen and oxygen atoms in total. The summed E-state index contributed by atoms with van der Waals surface area (Å²) in [7, 11) is 0. The molecule has 0 aliphatic carbocycles. The van der Waals surface area contributed by atoms with Gasteiger partial charge >= 0.3 is 0 Å². The molecule has 3 saturated heterocycles. The van der Waals surface area contributed by atoms with Crippen LogP contribution in [-0.4, -0.2) is 101 Å². The second-order valence-corrected chi connectivity index (χ2v) is 16.1. The van der Waals surface area contributed by atoms with Gasteiger partial charge in [-0.15, -0.1) is 11.3 Å². The third-order valence-electron chi connectivity index (χ3n) is 11.3. The smallest absolute Gasteiger partial charge is 0.255 e. The first-order valence-electron chi connectivity index (χ1n) is 19.5. The quantitative estimate of drug-likeness (QED) is 0.175. The maximum absolute atomic E-state index is 15.2. The molecule has 3 aromatic carbocycles. The number of benzene rings is 3. The average Bonchev–Trinajstić information content (AvgIpc) is 3.84. The lowest BCUT2D eigenvalue weighted by Gasteiger charge is -2.36. The normalized spacial score (nSPS) is 19.2. The van der Waals surface area contributed by atoms with Crippen molar-refractivity contribution in [3.63, 3.8) is 0 Å². The number of rotatable bonds is 11. The van der Waals surface area contributed by atoms with Crippen molar-refractivity contribution in [3.05, 3.63) is 94.5 Å². The number of thiazole rings is 1. The van der Waals surface area contributed by atoms with Gasteiger partial charge in [0, 0.05) is 60.7 Å². The van der Waals surface area contributed by atoms with Gasteiger partial charge in [0.2, 0.25) is 23.6 Å². The van der Waals surface area contributed by atoms with Crippen LogP contribution in [-0.2, 0) is 25.7 Å². The maximum atomic E-state index is 15.2. The van der Waals surface area contributed by atoms with Gasteiger partial charge in [0.05, 0.1) is 13.1 Å². The van der Waals surface area contributed by atoms with Crippen molar-refractivity contribution in [1.82, 2.24) is 25.0 Å². The molecule has 4 aromatic rings. The molecule has 0 radical (unpaired) electrons. The number of nitrogens with one attached hydrogen (secondary N) is 3. The van der Waals surface area contributed by atoms with E-state index in [1.807, 2.05) is 29.2 Å². The standard InChI is InChI=1S/C42H43F2N7O6S/c43-34-20-27(19-32-33(34)22-51(41(32)56)23-38(53)48-42-45-13-18-58-42)25-1-4-29(5-2-25)57-30-11-16-50(17-12-30)39(54)24-49-14-9-26(10-15-49)31-6-3-28(21-35(31)44)46-36-7-8-37(52)47-40(36)55/h1-6,13,18-21,26,30,36,46H,7-12,14-17,22-24H2,(H,45,48,53)(H,47,52,55). The van der Waals surface area contributed by atoms with Crippen LogP contribution in [0.5, 0.6) is 5.75 Å². The minimum Gasteiger partial charge on any atom is -0.490 e. The molecule has 5 amide bonds. The van der Waals surface area contributed by atoms with Crippen molar-refractivity contribution < 1.29 is 37.5 Å². The Morgan fingerprint density at radius 1 is 0.879 bits per heavy atom. The van der Waals surface area contributed by atoms with E-state index >= 15 is 8.78 Å². The Balaban J connectivity index is 0.771. The number of imide groups is 1. The van der Waals surface area contributed by atoms with E-state index in [2.05, 4.69) is 25.8 Å². The van der Waals surface area contributed by atoms with Gasteiger partial charge in [-0.25, -0.2) is 13.8 Å². The van der Waals surface area contributed by atoms with Crippen molar-refractivity contribution in [2.75, 3.05) is 49.9 Å². The number of hydrogen-bond donors (Lipinski definition) is 3. The van der Waals surface area contributed by atoms with Crippen LogP contribution in [0, 0.1) is 11.6 Å². The fourth-order valence-electron chi connectivity index (χ4n) is 8.15. The molecular weight excluding hydrogens is 769 g/mol. The molecule has 1 atom stereocenters. The van der Waals surface area contributed by atoms with Crippen LogP contribution in [0.25, 0.3) is 11.1 Å². The molecule has 16 heteroatoms. The van der Waals surface area contributed by atoms with Crippen molar-refractivity contribution in [3.8, 4) is 16.9 Å². The molecule has 58 heavy (non-hydrogen) atoms. The second kappa shape index (κ2) is 17.0. The summed E-state index contributed by atoms with van der Waals surface area (Å²) in [5, 5.41) is 10.1. The predicted octanol–water partition coefficient (Wildman–Crippen LogP) is 5.15. The molecule has 1 unspecified atom stereocenters. The predicted molar refractivity (Wildman–Crippen MR) is 212 cm³/mol. The Morgan fingerprint density at radius 3 is 2.36 bits per heavy atom. The number of hydrogen-bond acceptors (Lipinski definition) is 10. The highest BCUT2D eigenvalue weighted by Gasteiger charge is 2.33. The topological polar surface area (TPSA) is 153 Å². The molecule has 3 fully saturated rings. The highest BCUT2D eigenvalue weighted by Crippen LogP contribution is 2.34. The summed E-state index contributed by atoms with van der Waals surface area (Å²) in [4.78, 5) is 71.7. The van der Waals surface area contributed by atoms with E-state index in [4.69, 9.17) is 4.74 Å². The van der Waals surface area contributed by atoms with Crippen LogP contribution < -0.4 is 20.7 Å². The molecule has 4 aliphatic heterocycles. The number of amides is 5. The summed E-state index contributed by atoms with van der Waals surface area (Å²) < 4.78 is 36.7. The Labute approximate surface area is 337 Å². The van der Waals surface area contributed by atoms with Gasteiger partial charge < -0.3 is 25.2 Å². The van der Waals surface area contributed by atoms with E-state index in [-0.39, 0.29) is 60.3 Å². The van der Waals surface area contributed by atoms with Gasteiger partial charge in [-0.2, -0.15) is 0 Å². The summed E-state index contributed by atoms with van der Waals surface area (Å²) in [5.41, 5.74) is 2.89. The number of carbonyl (C=O) groups is 5. The Morgan fingerprint density at radius 2 is 1.66 bits per heavy atom. The summed E-state index contributed by atoms with van der Waals surface area (Å²) in [6, 6.07) is 14.7. The second-order valence-electron chi connectivity index (χ2n) is 15.2. The number of nitrogens with zero attached hydrogens (tertiary/aromatic N) is 4. The van der Waals surface area contributed by atoms with Gasteiger partial charge in [0.15, 0.2) is 5.13 Å². The summed E-state index contributed by atoms with van der Waals surface area (Å²) >= 11 is 1.27. The van der Waals surface area contributed by atoms with Gasteiger partial charge in [-0.05, 0) is 91.4 Å². The SMILES string of the molecule is O=C1CCC(Nc2ccc(C3CCN(CC(=O)N4CCC(Oc5ccc(-c6cc(F)c7c(c6)C(=O)N(CC(=O)Nc6nccs6)C7)cc5)CC4)CC3)c(F)c2)C(=O)N1. The summed E-state index contributed by atoms with van der Waals surface area (Å²) in [6.07, 6.45) is 4.92. The van der Waals surface area contributed by atoms with Crippen molar-refractivity contribution in [2.45, 2.75) is 63.1 Å². The number of likely N-dealkylation sites (tertiary alicyclic amines) is 2. The van der Waals surface area contributed by atoms with Crippen molar-refractivity contribution in [2.24, 2.45) is 0 Å². The van der Waals surface area contributed by atoms with E-state index in [1.165, 1.54) is 28.4 Å². The van der Waals surface area contributed by atoms with Crippen LogP contribution >= 0.6 is 11.3 Å². The largest absolute Gasteiger partial charge is 0.490 e. The van der Waals surface area contributed by atoms with Gasteiger partial charge in [-0.1, -0.05) is 18.2 Å². The molecule has 8 rings (SSSR count). The lowest BCUT2D eigenvalue weighted by Crippen LogP contribution is -2.47.